The molecule has 0 heterocycles. The van der Waals surface area contributed by atoms with Gasteiger partial charge in [0, 0.05) is 5.39 Å². The van der Waals surface area contributed by atoms with Gasteiger partial charge in [0.15, 0.2) is 0 Å². The minimum Gasteiger partial charge on any atom is -0.206 e. The van der Waals surface area contributed by atoms with Crippen molar-refractivity contribution in [3.8, 4) is 0 Å². The molecule has 7 aromatic carbocycles. The summed E-state index contributed by atoms with van der Waals surface area (Å²) in [6.07, 6.45) is 0. The fourth-order valence-electron chi connectivity index (χ4n) is 5.22. The lowest BCUT2D eigenvalue weighted by atomic mass is 10.00. The molecule has 0 N–H and O–H groups in total. The van der Waals surface area contributed by atoms with Gasteiger partial charge in [-0.15, -0.1) is 0 Å². The number of rotatable bonds is 0. The van der Waals surface area contributed by atoms with E-state index in [4.69, 9.17) is 0 Å². The summed E-state index contributed by atoms with van der Waals surface area (Å²) in [6, 6.07) is 23.4. The van der Waals surface area contributed by atoms with E-state index in [0.717, 1.165) is 26.9 Å². The van der Waals surface area contributed by atoms with E-state index >= 15 is 0 Å². The number of hydrogen-bond donors (Lipinski definition) is 0. The van der Waals surface area contributed by atoms with Crippen molar-refractivity contribution in [1.82, 2.24) is 0 Å². The van der Waals surface area contributed by atoms with Crippen molar-refractivity contribution < 1.29 is 8.78 Å². The van der Waals surface area contributed by atoms with Crippen LogP contribution in [-0.2, 0) is 0 Å². The third kappa shape index (κ3) is 1.49. The van der Waals surface area contributed by atoms with Gasteiger partial charge in [-0.1, -0.05) is 54.6 Å². The highest BCUT2D eigenvalue weighted by molar-refractivity contribution is 6.42. The van der Waals surface area contributed by atoms with E-state index < -0.39 is 11.6 Å². The Bertz CT molecular complexity index is 1720. The summed E-state index contributed by atoms with van der Waals surface area (Å²) in [5.74, 6) is -1.01. The molecular weight excluding hydrogens is 350 g/mol. The van der Waals surface area contributed by atoms with E-state index in [0.29, 0.717) is 5.39 Å². The topological polar surface area (TPSA) is 0 Å². The summed E-state index contributed by atoms with van der Waals surface area (Å²) in [6.45, 7) is 0. The molecule has 0 atom stereocenters. The highest BCUT2D eigenvalue weighted by Gasteiger charge is 2.21. The van der Waals surface area contributed by atoms with Gasteiger partial charge in [-0.3, -0.25) is 0 Å². The minimum absolute atomic E-state index is 0.0921. The second kappa shape index (κ2) is 4.66. The molecule has 0 amide bonds. The van der Waals surface area contributed by atoms with Gasteiger partial charge in [0.2, 0.25) is 0 Å². The first kappa shape index (κ1) is 14.5. The van der Waals surface area contributed by atoms with E-state index in [1.807, 2.05) is 0 Å². The predicted octanol–water partition coefficient (Wildman–Crippen LogP) is 7.76. The summed E-state index contributed by atoms with van der Waals surface area (Å²) in [5, 5.41) is 12.0. The van der Waals surface area contributed by atoms with Crippen LogP contribution in [0.25, 0.3) is 64.6 Å². The molecule has 0 spiro atoms. The second-order valence-corrected chi connectivity index (χ2v) is 7.56. The minimum atomic E-state index is -0.506. The predicted molar refractivity (Wildman–Crippen MR) is 114 cm³/mol. The average Bonchev–Trinajstić information content (AvgIpc) is 3.22. The van der Waals surface area contributed by atoms with E-state index in [1.54, 1.807) is 12.1 Å². The molecule has 2 heteroatoms. The molecule has 0 bridgehead atoms. The van der Waals surface area contributed by atoms with Crippen molar-refractivity contribution in [2.45, 2.75) is 0 Å². The van der Waals surface area contributed by atoms with Gasteiger partial charge in [0.25, 0.3) is 0 Å². The third-order valence-electron chi connectivity index (χ3n) is 6.29. The summed E-state index contributed by atoms with van der Waals surface area (Å²) in [5.41, 5.74) is 0. The molecule has 0 aromatic heterocycles. The highest BCUT2D eigenvalue weighted by atomic mass is 19.1. The molecular formula is C26H12F2. The zero-order valence-corrected chi connectivity index (χ0v) is 14.7. The van der Waals surface area contributed by atoms with E-state index in [2.05, 4.69) is 48.5 Å². The molecule has 7 aromatic rings. The zero-order chi connectivity index (χ0) is 18.6. The SMILES string of the molecule is Fc1ccc2c3cc4c5ccccc5c5cccc(c54)c3c3ccc(F)c1c23. The smallest absolute Gasteiger partial charge is 0.134 e. The molecule has 0 aliphatic heterocycles. The van der Waals surface area contributed by atoms with Crippen LogP contribution in [0.1, 0.15) is 0 Å². The van der Waals surface area contributed by atoms with Crippen molar-refractivity contribution >= 4 is 64.6 Å². The molecule has 0 saturated carbocycles. The van der Waals surface area contributed by atoms with Crippen molar-refractivity contribution in [2.75, 3.05) is 0 Å². The van der Waals surface area contributed by atoms with Gasteiger partial charge < -0.3 is 0 Å². The summed E-state index contributed by atoms with van der Waals surface area (Å²) < 4.78 is 29.0. The zero-order valence-electron chi connectivity index (χ0n) is 14.7. The number of fused-ring (bicyclic) bond motifs is 7. The largest absolute Gasteiger partial charge is 0.206 e. The molecule has 0 radical (unpaired) electrons. The van der Waals surface area contributed by atoms with Crippen LogP contribution in [0.4, 0.5) is 8.78 Å². The maximum absolute atomic E-state index is 14.5. The van der Waals surface area contributed by atoms with Gasteiger partial charge in [-0.25, -0.2) is 8.78 Å². The molecule has 28 heavy (non-hydrogen) atoms. The molecule has 0 fully saturated rings. The number of hydrogen-bond acceptors (Lipinski definition) is 0. The normalized spacial score (nSPS) is 12.6. The molecule has 0 saturated heterocycles. The van der Waals surface area contributed by atoms with Gasteiger partial charge in [0.05, 0.1) is 5.39 Å². The lowest BCUT2D eigenvalue weighted by Crippen LogP contribution is -1.84. The molecule has 130 valence electrons. The molecule has 0 aliphatic carbocycles. The molecule has 7 rings (SSSR count). The van der Waals surface area contributed by atoms with Crippen LogP contribution < -0.4 is 0 Å². The standard InChI is InChI=1S/C26H12F2/c27-21-10-8-16-20-12-19-14-5-2-1-4-13(14)15-6-3-7-17(23(15)19)24(20)18-9-11-22(28)26(21)25(16)18/h1-12H. The maximum Gasteiger partial charge on any atom is 0.134 e. The highest BCUT2D eigenvalue weighted by Crippen LogP contribution is 2.47. The second-order valence-electron chi connectivity index (χ2n) is 7.56. The summed E-state index contributed by atoms with van der Waals surface area (Å²) >= 11 is 0. The Kier molecular flexibility index (Phi) is 2.42. The number of halogens is 2. The van der Waals surface area contributed by atoms with Crippen LogP contribution in [0.5, 0.6) is 0 Å². The Morgan fingerprint density at radius 2 is 0.857 bits per heavy atom. The fraction of sp³-hybridized carbons (Fsp3) is 0. The monoisotopic (exact) mass is 362 g/mol. The van der Waals surface area contributed by atoms with Crippen molar-refractivity contribution in [3.63, 3.8) is 0 Å². The lowest BCUT2D eigenvalue weighted by molar-refractivity contribution is 0.609. The Morgan fingerprint density at radius 1 is 0.357 bits per heavy atom. The Morgan fingerprint density at radius 3 is 1.64 bits per heavy atom. The van der Waals surface area contributed by atoms with Gasteiger partial charge in [0.1, 0.15) is 11.6 Å². The van der Waals surface area contributed by atoms with Gasteiger partial charge >= 0.3 is 0 Å². The maximum atomic E-state index is 14.5. The average molecular weight is 362 g/mol. The van der Waals surface area contributed by atoms with Crippen molar-refractivity contribution in [3.05, 3.63) is 84.4 Å². The Hall–Kier alpha value is -3.52. The lowest BCUT2D eigenvalue weighted by Gasteiger charge is -2.03. The van der Waals surface area contributed by atoms with E-state index in [-0.39, 0.29) is 5.39 Å². The Labute approximate surface area is 158 Å². The quantitative estimate of drug-likeness (QED) is 0.259. The van der Waals surface area contributed by atoms with Crippen LogP contribution in [0.2, 0.25) is 0 Å². The summed E-state index contributed by atoms with van der Waals surface area (Å²) in [4.78, 5) is 0. The van der Waals surface area contributed by atoms with Crippen LogP contribution in [0, 0.1) is 11.6 Å². The van der Waals surface area contributed by atoms with Crippen molar-refractivity contribution in [2.24, 2.45) is 0 Å². The fourth-order valence-corrected chi connectivity index (χ4v) is 5.22. The van der Waals surface area contributed by atoms with Crippen LogP contribution in [0.3, 0.4) is 0 Å². The first-order valence-electron chi connectivity index (χ1n) is 9.35. The number of benzene rings is 5. The van der Waals surface area contributed by atoms with E-state index in [1.165, 1.54) is 39.1 Å². The molecule has 0 aliphatic rings. The van der Waals surface area contributed by atoms with E-state index in [9.17, 15) is 8.78 Å². The first-order valence-corrected chi connectivity index (χ1v) is 9.35. The summed E-state index contributed by atoms with van der Waals surface area (Å²) in [7, 11) is 0. The van der Waals surface area contributed by atoms with Crippen LogP contribution in [0.15, 0.2) is 72.8 Å². The third-order valence-corrected chi connectivity index (χ3v) is 6.29. The van der Waals surface area contributed by atoms with Crippen LogP contribution >= 0.6 is 0 Å². The van der Waals surface area contributed by atoms with Gasteiger partial charge in [-0.2, -0.15) is 0 Å². The van der Waals surface area contributed by atoms with Crippen LogP contribution in [-0.4, -0.2) is 0 Å². The molecule has 0 nitrogen and oxygen atoms in total. The van der Waals surface area contributed by atoms with Gasteiger partial charge in [-0.05, 0) is 72.1 Å². The Balaban J connectivity index is 1.91. The van der Waals surface area contributed by atoms with Crippen molar-refractivity contribution in [1.29, 1.82) is 0 Å². The first-order chi connectivity index (χ1) is 13.7. The molecule has 0 unspecified atom stereocenters.